The predicted molar refractivity (Wildman–Crippen MR) is 53.4 cm³/mol. The number of methoxy groups -OCH3 is 1. The summed E-state index contributed by atoms with van der Waals surface area (Å²) >= 11 is 0. The van der Waals surface area contributed by atoms with E-state index in [4.69, 9.17) is 9.84 Å². The van der Waals surface area contributed by atoms with E-state index in [2.05, 4.69) is 0 Å². The molecule has 1 aromatic carbocycles. The van der Waals surface area contributed by atoms with E-state index in [-0.39, 0.29) is 5.56 Å². The smallest absolute Gasteiger partial charge is 0.295 e. The first-order valence-corrected chi connectivity index (χ1v) is 4.56. The van der Waals surface area contributed by atoms with Gasteiger partial charge in [-0.3, -0.25) is 0 Å². The number of aliphatic hydroxyl groups excluding tert-OH is 1. The van der Waals surface area contributed by atoms with Crippen molar-refractivity contribution in [3.63, 3.8) is 0 Å². The molecule has 0 aliphatic heterocycles. The molecular weight excluding hydrogens is 202 g/mol. The molecule has 0 saturated carbocycles. The monoisotopic (exact) mass is 216 g/mol. The van der Waals surface area contributed by atoms with Gasteiger partial charge < -0.3 is 9.84 Å². The van der Waals surface area contributed by atoms with E-state index in [1.807, 2.05) is 0 Å². The van der Waals surface area contributed by atoms with E-state index in [0.29, 0.717) is 16.9 Å². The van der Waals surface area contributed by atoms with E-state index in [0.717, 1.165) is 0 Å². The van der Waals surface area contributed by atoms with Crippen LogP contribution in [0.15, 0.2) is 12.1 Å². The highest BCUT2D eigenvalue weighted by atomic mass is 19.3. The van der Waals surface area contributed by atoms with Crippen molar-refractivity contribution in [1.29, 1.82) is 0 Å². The fourth-order valence-corrected chi connectivity index (χ4v) is 1.57. The van der Waals surface area contributed by atoms with Crippen molar-refractivity contribution < 1.29 is 18.6 Å². The Labute approximate surface area is 87.5 Å². The van der Waals surface area contributed by atoms with E-state index in [1.165, 1.54) is 19.2 Å². The van der Waals surface area contributed by atoms with Crippen LogP contribution in [0.1, 0.15) is 16.7 Å². The van der Waals surface area contributed by atoms with Gasteiger partial charge in [-0.25, -0.2) is 0 Å². The maximum absolute atomic E-state index is 13.2. The van der Waals surface area contributed by atoms with Gasteiger partial charge in [-0.05, 0) is 37.1 Å². The van der Waals surface area contributed by atoms with Crippen molar-refractivity contribution in [3.05, 3.63) is 28.8 Å². The second-order valence-electron chi connectivity index (χ2n) is 3.51. The van der Waals surface area contributed by atoms with E-state index in [9.17, 15) is 8.78 Å². The summed E-state index contributed by atoms with van der Waals surface area (Å²) in [4.78, 5) is 0. The summed E-state index contributed by atoms with van der Waals surface area (Å²) in [7, 11) is 1.50. The first-order valence-electron chi connectivity index (χ1n) is 4.56. The van der Waals surface area contributed by atoms with Gasteiger partial charge in [0.1, 0.15) is 12.4 Å². The fourth-order valence-electron chi connectivity index (χ4n) is 1.57. The van der Waals surface area contributed by atoms with Gasteiger partial charge in [0.25, 0.3) is 5.92 Å². The van der Waals surface area contributed by atoms with E-state index in [1.54, 1.807) is 13.8 Å². The van der Waals surface area contributed by atoms with Crippen molar-refractivity contribution in [2.75, 3.05) is 13.7 Å². The molecule has 0 aliphatic carbocycles. The Morgan fingerprint density at radius 1 is 1.27 bits per heavy atom. The number of alkyl halides is 2. The molecule has 0 radical (unpaired) electrons. The molecule has 4 heteroatoms. The lowest BCUT2D eigenvalue weighted by Crippen LogP contribution is -2.18. The molecule has 0 bridgehead atoms. The van der Waals surface area contributed by atoms with Crippen molar-refractivity contribution in [3.8, 4) is 5.75 Å². The Kier molecular flexibility index (Phi) is 3.29. The zero-order chi connectivity index (χ0) is 11.6. The third kappa shape index (κ3) is 2.26. The van der Waals surface area contributed by atoms with Crippen molar-refractivity contribution in [2.24, 2.45) is 0 Å². The summed E-state index contributed by atoms with van der Waals surface area (Å²) in [5.74, 6) is -2.59. The molecule has 0 heterocycles. The molecule has 1 N–H and O–H groups in total. The largest absolute Gasteiger partial charge is 0.496 e. The van der Waals surface area contributed by atoms with Crippen molar-refractivity contribution >= 4 is 0 Å². The molecular formula is C11H14F2O2. The average Bonchev–Trinajstić information content (AvgIpc) is 2.17. The second kappa shape index (κ2) is 4.14. The van der Waals surface area contributed by atoms with Gasteiger partial charge >= 0.3 is 0 Å². The second-order valence-corrected chi connectivity index (χ2v) is 3.51. The molecule has 0 fully saturated rings. The Morgan fingerprint density at radius 3 is 2.07 bits per heavy atom. The van der Waals surface area contributed by atoms with Gasteiger partial charge in [-0.1, -0.05) is 0 Å². The van der Waals surface area contributed by atoms with Crippen LogP contribution < -0.4 is 4.74 Å². The molecule has 0 spiro atoms. The van der Waals surface area contributed by atoms with E-state index >= 15 is 0 Å². The normalized spacial score (nSPS) is 11.6. The quantitative estimate of drug-likeness (QED) is 0.840. The minimum atomic E-state index is -3.19. The van der Waals surface area contributed by atoms with E-state index < -0.39 is 12.5 Å². The fraction of sp³-hybridized carbons (Fsp3) is 0.455. The summed E-state index contributed by atoms with van der Waals surface area (Å²) in [5, 5.41) is 8.57. The molecule has 0 amide bonds. The summed E-state index contributed by atoms with van der Waals surface area (Å²) in [6, 6.07) is 2.67. The number of hydrogen-bond donors (Lipinski definition) is 1. The first kappa shape index (κ1) is 11.9. The van der Waals surface area contributed by atoms with Crippen LogP contribution in [0.3, 0.4) is 0 Å². The van der Waals surface area contributed by atoms with Crippen LogP contribution in [0.25, 0.3) is 0 Å². The average molecular weight is 216 g/mol. The summed E-state index contributed by atoms with van der Waals surface area (Å²) in [6.45, 7) is 2.21. The topological polar surface area (TPSA) is 29.5 Å². The molecule has 0 atom stereocenters. The highest BCUT2D eigenvalue weighted by Crippen LogP contribution is 2.33. The van der Waals surface area contributed by atoms with Crippen LogP contribution >= 0.6 is 0 Å². The highest BCUT2D eigenvalue weighted by Gasteiger charge is 2.31. The Morgan fingerprint density at radius 2 is 1.73 bits per heavy atom. The minimum absolute atomic E-state index is 0.180. The van der Waals surface area contributed by atoms with Crippen molar-refractivity contribution in [2.45, 2.75) is 19.8 Å². The standard InChI is InChI=1S/C11H14F2O2/c1-7-4-9(11(12,13)6-14)5-8(2)10(7)15-3/h4-5,14H,6H2,1-3H3. The number of rotatable bonds is 3. The third-order valence-corrected chi connectivity index (χ3v) is 2.29. The van der Waals surface area contributed by atoms with Crippen LogP contribution in [0.5, 0.6) is 5.75 Å². The molecule has 15 heavy (non-hydrogen) atoms. The maximum atomic E-state index is 13.2. The lowest BCUT2D eigenvalue weighted by atomic mass is 10.0. The summed E-state index contributed by atoms with van der Waals surface area (Å²) in [5.41, 5.74) is 1.10. The van der Waals surface area contributed by atoms with Crippen LogP contribution in [0.4, 0.5) is 8.78 Å². The number of aliphatic hydroxyl groups is 1. The lowest BCUT2D eigenvalue weighted by Gasteiger charge is -2.17. The van der Waals surface area contributed by atoms with Gasteiger partial charge in [0.2, 0.25) is 0 Å². The third-order valence-electron chi connectivity index (χ3n) is 2.29. The molecule has 1 rings (SSSR count). The summed E-state index contributed by atoms with van der Waals surface area (Å²) in [6.07, 6.45) is 0. The Bertz CT molecular complexity index is 339. The molecule has 2 nitrogen and oxygen atoms in total. The maximum Gasteiger partial charge on any atom is 0.295 e. The van der Waals surface area contributed by atoms with Crippen LogP contribution in [0, 0.1) is 13.8 Å². The van der Waals surface area contributed by atoms with Gasteiger partial charge in [0, 0.05) is 5.56 Å². The van der Waals surface area contributed by atoms with Crippen LogP contribution in [0.2, 0.25) is 0 Å². The zero-order valence-electron chi connectivity index (χ0n) is 8.97. The molecule has 1 aromatic rings. The molecule has 0 aromatic heterocycles. The number of halogens is 2. The molecule has 0 unspecified atom stereocenters. The minimum Gasteiger partial charge on any atom is -0.496 e. The highest BCUT2D eigenvalue weighted by molar-refractivity contribution is 5.44. The molecule has 84 valence electrons. The van der Waals surface area contributed by atoms with Gasteiger partial charge in [-0.15, -0.1) is 0 Å². The molecule has 0 saturated heterocycles. The molecule has 0 aliphatic rings. The predicted octanol–water partition coefficient (Wildman–Crippen LogP) is 2.40. The Balaban J connectivity index is 3.26. The van der Waals surface area contributed by atoms with Gasteiger partial charge in [0.15, 0.2) is 0 Å². The number of aryl methyl sites for hydroxylation is 2. The SMILES string of the molecule is COc1c(C)cc(C(F)(F)CO)cc1C. The lowest BCUT2D eigenvalue weighted by molar-refractivity contribution is -0.0557. The zero-order valence-corrected chi connectivity index (χ0v) is 8.97. The Hall–Kier alpha value is -1.16. The van der Waals surface area contributed by atoms with Gasteiger partial charge in [0.05, 0.1) is 7.11 Å². The first-order chi connectivity index (χ1) is 6.92. The number of hydrogen-bond acceptors (Lipinski definition) is 2. The van der Waals surface area contributed by atoms with Crippen LogP contribution in [-0.4, -0.2) is 18.8 Å². The van der Waals surface area contributed by atoms with Crippen LogP contribution in [-0.2, 0) is 5.92 Å². The van der Waals surface area contributed by atoms with Crippen molar-refractivity contribution in [1.82, 2.24) is 0 Å². The van der Waals surface area contributed by atoms with Gasteiger partial charge in [-0.2, -0.15) is 8.78 Å². The summed E-state index contributed by atoms with van der Waals surface area (Å²) < 4.78 is 31.4. The number of ether oxygens (including phenoxy) is 1. The number of benzene rings is 1.